The zero-order valence-electron chi connectivity index (χ0n) is 38.4. The zero-order valence-corrected chi connectivity index (χ0v) is 40.0. The van der Waals surface area contributed by atoms with Crippen molar-refractivity contribution in [2.45, 2.75) is 104 Å². The van der Waals surface area contributed by atoms with Crippen LogP contribution in [0.15, 0.2) is 66.4 Å². The number of β-amino-alcohol motifs (C(OH)–C–C–N with tert-alkyl or cyclic N) is 1. The summed E-state index contributed by atoms with van der Waals surface area (Å²) >= 11 is 1.56. The molecule has 18 nitrogen and oxygen atoms in total. The van der Waals surface area contributed by atoms with Gasteiger partial charge in [-0.25, -0.2) is 18.4 Å². The minimum atomic E-state index is -4.38. The van der Waals surface area contributed by atoms with Crippen LogP contribution in [-0.2, 0) is 40.7 Å². The molecule has 2 aliphatic rings. The second-order valence-corrected chi connectivity index (χ2v) is 20.8. The maximum absolute atomic E-state index is 15.7. The van der Waals surface area contributed by atoms with Crippen molar-refractivity contribution >= 4 is 67.5 Å². The van der Waals surface area contributed by atoms with Gasteiger partial charge < -0.3 is 31.1 Å². The first kappa shape index (κ1) is 49.5. The van der Waals surface area contributed by atoms with E-state index in [9.17, 15) is 42.6 Å². The predicted molar refractivity (Wildman–Crippen MR) is 254 cm³/mol. The number of anilines is 1. The number of unbranched alkanes of at least 4 members (excludes halogenated alkanes) is 3. The van der Waals surface area contributed by atoms with E-state index < -0.39 is 69.4 Å². The van der Waals surface area contributed by atoms with Crippen molar-refractivity contribution in [2.24, 2.45) is 5.41 Å². The monoisotopic (exact) mass is 973 g/mol. The smallest absolute Gasteiger partial charge is 0.326 e. The van der Waals surface area contributed by atoms with E-state index in [2.05, 4.69) is 26.0 Å². The summed E-state index contributed by atoms with van der Waals surface area (Å²) in [7, 11) is -4.38. The number of aromatic nitrogens is 3. The molecule has 0 spiro atoms. The Labute approximate surface area is 397 Å². The van der Waals surface area contributed by atoms with Crippen molar-refractivity contribution in [2.75, 3.05) is 23.9 Å². The molecule has 21 heteroatoms. The quantitative estimate of drug-likeness (QED) is 0.0704. The average Bonchev–Trinajstić information content (AvgIpc) is 4.08. The van der Waals surface area contributed by atoms with Gasteiger partial charge in [-0.2, -0.15) is 13.5 Å². The minimum absolute atomic E-state index is 0.00239. The van der Waals surface area contributed by atoms with Gasteiger partial charge in [-0.1, -0.05) is 70.0 Å². The molecule has 4 heterocycles. The molecule has 4 unspecified atom stereocenters. The number of hydrogen-bond donors (Lipinski definition) is 6. The fraction of sp³-hybridized carbons (Fsp3) is 0.426. The highest BCUT2D eigenvalue weighted by molar-refractivity contribution is 7.92. The number of carbonyl (C=O) groups excluding carboxylic acids is 5. The standard InChI is InChI=1S/C47H56FN9O9S2/c1-27(29-11-13-30(14-12-29)43-28(2)50-26-67-43)52-45(63)36-20-34(58)23-56(36)46(64)44(47(3,4)5)53-38(60)10-8-6-7-9-17-49-39(61)24-55-22-33(21-51-55)31-15-16-32-19-37(59)42(41(48)35(32)18-31)57-25-40(62)54-68(57,65)66/h11-16,18-19,21-22,26-27,34,36,44,58-59H,6-10,17,20,23-25H2,1-5H3,(H,49,61)(H,52,63)(H,53,60)(H,54,62). The molecule has 5 amide bonds. The summed E-state index contributed by atoms with van der Waals surface area (Å²) in [6, 6.07) is 11.6. The second-order valence-electron chi connectivity index (χ2n) is 18.4. The van der Waals surface area contributed by atoms with Crippen molar-refractivity contribution in [3.05, 3.63) is 83.5 Å². The van der Waals surface area contributed by atoms with Crippen molar-refractivity contribution in [3.8, 4) is 27.3 Å². The van der Waals surface area contributed by atoms with E-state index in [0.717, 1.165) is 28.1 Å². The lowest BCUT2D eigenvalue weighted by Crippen LogP contribution is -2.57. The Kier molecular flexibility index (Phi) is 14.8. The number of hydrogen-bond acceptors (Lipinski definition) is 12. The Hall–Kier alpha value is -6.45. The van der Waals surface area contributed by atoms with E-state index in [4.69, 9.17) is 0 Å². The number of aromatic hydroxyl groups is 1. The summed E-state index contributed by atoms with van der Waals surface area (Å²) in [6.07, 6.45) is 5.09. The first-order valence-corrected chi connectivity index (χ1v) is 24.7. The number of fused-ring (bicyclic) bond motifs is 1. The highest BCUT2D eigenvalue weighted by atomic mass is 32.2. The molecule has 7 rings (SSSR count). The molecule has 2 saturated heterocycles. The Bertz CT molecular complexity index is 2830. The lowest BCUT2D eigenvalue weighted by Gasteiger charge is -2.35. The number of phenolic OH excluding ortho intramolecular Hbond substituents is 1. The number of rotatable bonds is 17. The van der Waals surface area contributed by atoms with Crippen LogP contribution in [0, 0.1) is 18.2 Å². The molecule has 5 aromatic rings. The minimum Gasteiger partial charge on any atom is -0.506 e. The van der Waals surface area contributed by atoms with Gasteiger partial charge in [-0.05, 0) is 66.3 Å². The van der Waals surface area contributed by atoms with E-state index in [1.807, 2.05) is 58.9 Å². The lowest BCUT2D eigenvalue weighted by atomic mass is 9.85. The van der Waals surface area contributed by atoms with Crippen LogP contribution in [0.3, 0.4) is 0 Å². The summed E-state index contributed by atoms with van der Waals surface area (Å²) in [6.45, 7) is 8.93. The number of aliphatic hydroxyl groups is 1. The van der Waals surface area contributed by atoms with Crippen LogP contribution in [0.1, 0.15) is 83.5 Å². The van der Waals surface area contributed by atoms with Crippen molar-refractivity contribution in [1.29, 1.82) is 0 Å². The fourth-order valence-electron chi connectivity index (χ4n) is 8.43. The third-order valence-electron chi connectivity index (χ3n) is 12.1. The first-order valence-electron chi connectivity index (χ1n) is 22.4. The Morgan fingerprint density at radius 2 is 1.71 bits per heavy atom. The number of benzene rings is 3. The average molecular weight is 974 g/mol. The van der Waals surface area contributed by atoms with Crippen LogP contribution >= 0.6 is 11.3 Å². The van der Waals surface area contributed by atoms with Gasteiger partial charge in [0.05, 0.1) is 34.4 Å². The number of thiazole rings is 1. The molecule has 2 aliphatic heterocycles. The Balaban J connectivity index is 0.839. The predicted octanol–water partition coefficient (Wildman–Crippen LogP) is 4.60. The van der Waals surface area contributed by atoms with Gasteiger partial charge in [-0.15, -0.1) is 11.3 Å². The van der Waals surface area contributed by atoms with Crippen LogP contribution in [0.5, 0.6) is 5.75 Å². The molecular weight excluding hydrogens is 918 g/mol. The first-order chi connectivity index (χ1) is 32.2. The summed E-state index contributed by atoms with van der Waals surface area (Å²) in [4.78, 5) is 72.2. The van der Waals surface area contributed by atoms with Crippen LogP contribution < -0.4 is 25.0 Å². The second kappa shape index (κ2) is 20.4. The molecule has 362 valence electrons. The fourth-order valence-corrected chi connectivity index (χ4v) is 10.4. The third kappa shape index (κ3) is 11.3. The molecule has 4 atom stereocenters. The molecule has 0 saturated carbocycles. The van der Waals surface area contributed by atoms with Crippen molar-refractivity contribution in [3.63, 3.8) is 0 Å². The number of likely N-dealkylation sites (tertiary alicyclic amines) is 1. The van der Waals surface area contributed by atoms with Crippen molar-refractivity contribution < 1.29 is 47.0 Å². The summed E-state index contributed by atoms with van der Waals surface area (Å²) in [5, 5.41) is 34.4. The van der Waals surface area contributed by atoms with E-state index in [1.54, 1.807) is 39.9 Å². The maximum atomic E-state index is 15.7. The number of carbonyl (C=O) groups is 5. The molecule has 2 fully saturated rings. The van der Waals surface area contributed by atoms with Crippen LogP contribution in [0.4, 0.5) is 10.1 Å². The number of aryl methyl sites for hydroxylation is 1. The van der Waals surface area contributed by atoms with Crippen molar-refractivity contribution in [1.82, 2.24) is 40.3 Å². The van der Waals surface area contributed by atoms with Gasteiger partial charge in [-0.3, -0.25) is 28.7 Å². The van der Waals surface area contributed by atoms with E-state index >= 15 is 4.39 Å². The zero-order chi connectivity index (χ0) is 49.1. The number of nitrogens with one attached hydrogen (secondary N) is 4. The number of aliphatic hydroxyl groups excluding tert-OH is 1. The molecule has 6 N–H and O–H groups in total. The lowest BCUT2D eigenvalue weighted by molar-refractivity contribution is -0.144. The highest BCUT2D eigenvalue weighted by Gasteiger charge is 2.45. The summed E-state index contributed by atoms with van der Waals surface area (Å²) in [5.41, 5.74) is 4.39. The normalized spacial score (nSPS) is 17.8. The number of amides is 5. The third-order valence-corrected chi connectivity index (χ3v) is 14.4. The molecule has 68 heavy (non-hydrogen) atoms. The largest absolute Gasteiger partial charge is 0.506 e. The molecule has 0 radical (unpaired) electrons. The van der Waals surface area contributed by atoms with Crippen LogP contribution in [0.2, 0.25) is 0 Å². The summed E-state index contributed by atoms with van der Waals surface area (Å²) < 4.78 is 44.2. The SMILES string of the molecule is Cc1ncsc1-c1ccc(C(C)NC(=O)C2CC(O)CN2C(=O)C(NC(=O)CCCCCCNC(=O)Cn2cc(-c3ccc4cc(O)c(N5CC(=O)NS5(=O)=O)c(F)c4c3)cn2)C(C)(C)C)cc1. The molecule has 2 aromatic heterocycles. The molecule has 3 aromatic carbocycles. The molecule has 0 bridgehead atoms. The maximum Gasteiger partial charge on any atom is 0.326 e. The van der Waals surface area contributed by atoms with E-state index in [-0.39, 0.29) is 55.1 Å². The highest BCUT2D eigenvalue weighted by Crippen LogP contribution is 2.40. The number of nitrogens with zero attached hydrogens (tertiary/aromatic N) is 5. The van der Waals surface area contributed by atoms with E-state index in [0.29, 0.717) is 46.6 Å². The van der Waals surface area contributed by atoms with Gasteiger partial charge in [0.2, 0.25) is 23.6 Å². The molecular formula is C47H56FN9O9S2. The van der Waals surface area contributed by atoms with Gasteiger partial charge in [0.1, 0.15) is 36.6 Å². The number of halogens is 1. The van der Waals surface area contributed by atoms with Gasteiger partial charge in [0.25, 0.3) is 5.91 Å². The van der Waals surface area contributed by atoms with Gasteiger partial charge >= 0.3 is 10.2 Å². The van der Waals surface area contributed by atoms with Gasteiger partial charge in [0.15, 0.2) is 5.82 Å². The van der Waals surface area contributed by atoms with Crippen LogP contribution in [0.25, 0.3) is 32.3 Å². The number of phenols is 1. The Morgan fingerprint density at radius 3 is 2.38 bits per heavy atom. The van der Waals surface area contributed by atoms with Crippen LogP contribution in [-0.4, -0.2) is 106 Å². The van der Waals surface area contributed by atoms with E-state index in [1.165, 1.54) is 27.9 Å². The molecule has 0 aliphatic carbocycles. The topological polar surface area (TPSA) is 245 Å². The summed E-state index contributed by atoms with van der Waals surface area (Å²) in [5.74, 6) is -3.93. The van der Waals surface area contributed by atoms with Gasteiger partial charge in [0, 0.05) is 43.1 Å². The Morgan fingerprint density at radius 1 is 0.985 bits per heavy atom.